The van der Waals surface area contributed by atoms with Gasteiger partial charge in [-0.05, 0) is 69.0 Å². The van der Waals surface area contributed by atoms with E-state index in [0.717, 1.165) is 89.2 Å². The second-order valence-corrected chi connectivity index (χ2v) is 12.1. The highest BCUT2D eigenvalue weighted by atomic mass is 35.5. The zero-order valence-electron chi connectivity index (χ0n) is 23.7. The minimum Gasteiger partial charge on any atom is -0.314 e. The van der Waals surface area contributed by atoms with E-state index in [1.807, 2.05) is 25.3 Å². The van der Waals surface area contributed by atoms with Crippen LogP contribution in [0.25, 0.3) is 16.8 Å². The molecule has 0 atom stereocenters. The van der Waals surface area contributed by atoms with Gasteiger partial charge < -0.3 is 10.2 Å². The summed E-state index contributed by atoms with van der Waals surface area (Å²) in [4.78, 5) is 7.95. The topological polar surface area (TPSA) is 76.2 Å². The normalized spacial score (nSPS) is 17.7. The van der Waals surface area contributed by atoms with Crippen LogP contribution in [0, 0.1) is 6.92 Å². The third-order valence-corrected chi connectivity index (χ3v) is 8.94. The van der Waals surface area contributed by atoms with Gasteiger partial charge >= 0.3 is 0 Å². The smallest absolute Gasteiger partial charge is 0.165 e. The first-order chi connectivity index (χ1) is 20.1. The van der Waals surface area contributed by atoms with Crippen molar-refractivity contribution in [3.05, 3.63) is 82.7 Å². The van der Waals surface area contributed by atoms with Crippen molar-refractivity contribution < 1.29 is 0 Å². The van der Waals surface area contributed by atoms with Gasteiger partial charge in [0.05, 0.1) is 17.6 Å². The molecular weight excluding hydrogens is 532 g/mol. The molecule has 2 aromatic heterocycles. The monoisotopic (exact) mass is 568 g/mol. The van der Waals surface area contributed by atoms with Crippen molar-refractivity contribution in [2.24, 2.45) is 4.99 Å². The number of piperazine rings is 1. The fraction of sp³-hybridized carbons (Fsp3) is 0.438. The molecule has 0 amide bonds. The number of fused-ring (bicyclic) bond motifs is 4. The van der Waals surface area contributed by atoms with Gasteiger partial charge in [0.25, 0.3) is 0 Å². The molecule has 1 N–H and O–H groups in total. The predicted octanol–water partition coefficient (Wildman–Crippen LogP) is 5.40. The lowest BCUT2D eigenvalue weighted by atomic mass is 9.96. The predicted molar refractivity (Wildman–Crippen MR) is 163 cm³/mol. The van der Waals surface area contributed by atoms with Gasteiger partial charge in [-0.25, -0.2) is 0 Å². The van der Waals surface area contributed by atoms with Crippen molar-refractivity contribution in [2.45, 2.75) is 57.5 Å². The van der Waals surface area contributed by atoms with E-state index in [1.165, 1.54) is 38.9 Å². The second-order valence-electron chi connectivity index (χ2n) is 11.6. The van der Waals surface area contributed by atoms with Crippen molar-refractivity contribution >= 4 is 17.3 Å². The molecule has 2 aromatic carbocycles. The zero-order valence-corrected chi connectivity index (χ0v) is 24.4. The molecule has 0 unspecified atom stereocenters. The Hall–Kier alpha value is -3.33. The van der Waals surface area contributed by atoms with E-state index >= 15 is 0 Å². The Kier molecular flexibility index (Phi) is 7.23. The Morgan fingerprint density at radius 3 is 2.41 bits per heavy atom. The second kappa shape index (κ2) is 11.2. The molecule has 41 heavy (non-hydrogen) atoms. The van der Waals surface area contributed by atoms with E-state index in [4.69, 9.17) is 21.7 Å². The van der Waals surface area contributed by atoms with Crippen LogP contribution < -0.4 is 5.32 Å². The van der Waals surface area contributed by atoms with Crippen LogP contribution in [0.15, 0.2) is 59.9 Å². The molecule has 3 aliphatic rings. The first kappa shape index (κ1) is 26.6. The van der Waals surface area contributed by atoms with Gasteiger partial charge in [-0.1, -0.05) is 42.6 Å². The number of unbranched alkanes of at least 4 members (excludes halogenated alkanes) is 3. The Morgan fingerprint density at radius 2 is 1.63 bits per heavy atom. The van der Waals surface area contributed by atoms with Gasteiger partial charge in [0.1, 0.15) is 11.4 Å². The minimum atomic E-state index is -0.314. The number of aryl methyl sites for hydroxylation is 2. The molecule has 0 bridgehead atoms. The van der Waals surface area contributed by atoms with E-state index < -0.39 is 0 Å². The Labute approximate surface area is 246 Å². The molecule has 212 valence electrons. The van der Waals surface area contributed by atoms with Crippen LogP contribution in [-0.2, 0) is 12.1 Å². The number of aliphatic imine (C=N–C) groups is 1. The molecule has 1 saturated heterocycles. The third-order valence-electron chi connectivity index (χ3n) is 8.69. The van der Waals surface area contributed by atoms with Crippen LogP contribution in [0.4, 0.5) is 0 Å². The highest BCUT2D eigenvalue weighted by Crippen LogP contribution is 2.51. The summed E-state index contributed by atoms with van der Waals surface area (Å²) in [7, 11) is 0. The fourth-order valence-corrected chi connectivity index (χ4v) is 6.32. The number of hydrogen-bond donors (Lipinski definition) is 1. The molecule has 1 aliphatic carbocycles. The van der Waals surface area contributed by atoms with Gasteiger partial charge in [-0.15, -0.1) is 10.2 Å². The number of rotatable bonds is 9. The van der Waals surface area contributed by atoms with E-state index in [-0.39, 0.29) is 5.54 Å². The fourth-order valence-electron chi connectivity index (χ4n) is 6.19. The summed E-state index contributed by atoms with van der Waals surface area (Å²) in [6.07, 6.45) is 11.1. The lowest BCUT2D eigenvalue weighted by molar-refractivity contribution is 0.236. The first-order valence-corrected chi connectivity index (χ1v) is 15.4. The molecule has 8 nitrogen and oxygen atoms in total. The Balaban J connectivity index is 1.11. The molecular formula is C32H37ClN8. The maximum Gasteiger partial charge on any atom is 0.165 e. The van der Waals surface area contributed by atoms with Gasteiger partial charge in [0, 0.05) is 60.6 Å². The molecule has 9 heteroatoms. The summed E-state index contributed by atoms with van der Waals surface area (Å²) in [6, 6.07) is 14.6. The maximum absolute atomic E-state index is 6.25. The summed E-state index contributed by atoms with van der Waals surface area (Å²) in [5, 5.41) is 17.9. The molecule has 2 aliphatic heterocycles. The van der Waals surface area contributed by atoms with Crippen molar-refractivity contribution in [3.8, 4) is 16.8 Å². The largest absolute Gasteiger partial charge is 0.314 e. The van der Waals surface area contributed by atoms with Gasteiger partial charge in [0.15, 0.2) is 5.82 Å². The summed E-state index contributed by atoms with van der Waals surface area (Å²) in [5.74, 6) is 1.82. The van der Waals surface area contributed by atoms with Crippen LogP contribution in [0.3, 0.4) is 0 Å². The van der Waals surface area contributed by atoms with Gasteiger partial charge in [0.2, 0.25) is 0 Å². The molecule has 4 heterocycles. The Bertz CT molecular complexity index is 1560. The molecule has 2 fully saturated rings. The number of hydrogen-bond acceptors (Lipinski definition) is 6. The number of aromatic nitrogens is 5. The van der Waals surface area contributed by atoms with Gasteiger partial charge in [-0.3, -0.25) is 14.2 Å². The number of benzene rings is 2. The lowest BCUT2D eigenvalue weighted by Crippen LogP contribution is -2.43. The average molecular weight is 569 g/mol. The Morgan fingerprint density at radius 1 is 0.878 bits per heavy atom. The minimum absolute atomic E-state index is 0.314. The van der Waals surface area contributed by atoms with Crippen LogP contribution in [0.5, 0.6) is 0 Å². The van der Waals surface area contributed by atoms with Gasteiger partial charge in [-0.2, -0.15) is 5.10 Å². The molecule has 4 aromatic rings. The van der Waals surface area contributed by atoms with Crippen LogP contribution in [-0.4, -0.2) is 67.9 Å². The van der Waals surface area contributed by atoms with E-state index in [1.54, 1.807) is 0 Å². The summed E-state index contributed by atoms with van der Waals surface area (Å²) in [5.41, 5.74) is 6.12. The van der Waals surface area contributed by atoms with Crippen LogP contribution in [0.2, 0.25) is 5.02 Å². The van der Waals surface area contributed by atoms with Crippen molar-refractivity contribution in [2.75, 3.05) is 32.7 Å². The molecule has 1 saturated carbocycles. The van der Waals surface area contributed by atoms with Crippen molar-refractivity contribution in [1.29, 1.82) is 0 Å². The summed E-state index contributed by atoms with van der Waals surface area (Å²) < 4.78 is 4.29. The van der Waals surface area contributed by atoms with Crippen molar-refractivity contribution in [3.63, 3.8) is 0 Å². The average Bonchev–Trinajstić information content (AvgIpc) is 3.47. The summed E-state index contributed by atoms with van der Waals surface area (Å²) in [6.45, 7) is 8.82. The SMILES string of the molecule is Cc1nnc2n1-c1ccc(-c3cnn(CCCCCCN4CCNCC4)c3)cc1C(c1ccc(Cl)cc1)=NC21CC1. The standard InChI is InChI=1S/C32H37ClN8/c1-23-37-38-31-32(12-13-32)36-30(24-6-9-27(33)10-7-24)28-20-25(8-11-29(28)41(23)31)26-21-35-40(22-26)17-5-3-2-4-16-39-18-14-34-15-19-39/h6-11,20-22,34H,2-5,12-19H2,1H3. The molecule has 7 rings (SSSR count). The zero-order chi connectivity index (χ0) is 27.8. The summed E-state index contributed by atoms with van der Waals surface area (Å²) >= 11 is 6.25. The van der Waals surface area contributed by atoms with Crippen molar-refractivity contribution in [1.82, 2.24) is 34.8 Å². The molecule has 1 spiro atoms. The highest BCUT2D eigenvalue weighted by Gasteiger charge is 2.51. The highest BCUT2D eigenvalue weighted by molar-refractivity contribution is 6.30. The van der Waals surface area contributed by atoms with Crippen LogP contribution >= 0.6 is 11.6 Å². The number of nitrogens with one attached hydrogen (secondary N) is 1. The van der Waals surface area contributed by atoms with E-state index in [9.17, 15) is 0 Å². The quantitative estimate of drug-likeness (QED) is 0.274. The molecule has 0 radical (unpaired) electrons. The van der Waals surface area contributed by atoms with E-state index in [2.05, 4.69) is 66.2 Å². The third kappa shape index (κ3) is 5.36. The maximum atomic E-state index is 6.25. The number of halogens is 1. The van der Waals surface area contributed by atoms with E-state index in [0.29, 0.717) is 0 Å². The first-order valence-electron chi connectivity index (χ1n) is 15.0. The van der Waals surface area contributed by atoms with Crippen LogP contribution in [0.1, 0.15) is 61.3 Å². The lowest BCUT2D eigenvalue weighted by Gasteiger charge is -2.26. The number of nitrogens with zero attached hydrogens (tertiary/aromatic N) is 7.